The molecule has 0 aliphatic rings. The molecule has 1 unspecified atom stereocenters. The maximum Gasteiger partial charge on any atom is 0.123 e. The predicted molar refractivity (Wildman–Crippen MR) is 118 cm³/mol. The minimum atomic E-state index is 0. The summed E-state index contributed by atoms with van der Waals surface area (Å²) in [5.41, 5.74) is 10.2. The first-order valence-electron chi connectivity index (χ1n) is 8.12. The van der Waals surface area contributed by atoms with Crippen LogP contribution < -0.4 is 5.73 Å². The Morgan fingerprint density at radius 1 is 1.08 bits per heavy atom. The van der Waals surface area contributed by atoms with Crippen molar-refractivity contribution in [2.45, 2.75) is 26.4 Å². The first-order valence-corrected chi connectivity index (χ1v) is 8.93. The fourth-order valence-electron chi connectivity index (χ4n) is 2.82. The highest BCUT2D eigenvalue weighted by atomic mass is 35.5. The molecule has 6 heteroatoms. The number of halogens is 2. The zero-order valence-electron chi connectivity index (χ0n) is 15.2. The van der Waals surface area contributed by atoms with Crippen LogP contribution in [0.1, 0.15) is 29.1 Å². The maximum absolute atomic E-state index is 5.89. The van der Waals surface area contributed by atoms with E-state index in [9.17, 15) is 0 Å². The van der Waals surface area contributed by atoms with Crippen LogP contribution in [0.5, 0.6) is 0 Å². The van der Waals surface area contributed by atoms with E-state index in [1.54, 1.807) is 11.3 Å². The fourth-order valence-corrected chi connectivity index (χ4v) is 4.01. The molecule has 0 amide bonds. The maximum atomic E-state index is 5.89. The SMILES string of the molecule is Cc1nc(-c2ccccc2)sc1C(C)N(C)Cc1cccc(N)c1.Cl.Cl. The minimum Gasteiger partial charge on any atom is -0.399 e. The van der Waals surface area contributed by atoms with Crippen LogP contribution in [0.2, 0.25) is 0 Å². The summed E-state index contributed by atoms with van der Waals surface area (Å²) >= 11 is 1.79. The number of aromatic nitrogens is 1. The van der Waals surface area contributed by atoms with Crippen LogP contribution >= 0.6 is 36.2 Å². The van der Waals surface area contributed by atoms with Crippen LogP contribution in [-0.2, 0) is 6.54 Å². The molecule has 3 nitrogen and oxygen atoms in total. The molecule has 26 heavy (non-hydrogen) atoms. The van der Waals surface area contributed by atoms with Gasteiger partial charge in [-0.15, -0.1) is 36.2 Å². The van der Waals surface area contributed by atoms with Crippen molar-refractivity contribution >= 4 is 41.8 Å². The van der Waals surface area contributed by atoms with Crippen molar-refractivity contribution in [2.24, 2.45) is 0 Å². The Kier molecular flexibility index (Phi) is 8.57. The van der Waals surface area contributed by atoms with Crippen molar-refractivity contribution in [3.05, 3.63) is 70.7 Å². The van der Waals surface area contributed by atoms with Crippen LogP contribution in [0.3, 0.4) is 0 Å². The third-order valence-corrected chi connectivity index (χ3v) is 5.65. The number of hydrogen-bond acceptors (Lipinski definition) is 4. The van der Waals surface area contributed by atoms with Gasteiger partial charge < -0.3 is 5.73 Å². The monoisotopic (exact) mass is 409 g/mol. The van der Waals surface area contributed by atoms with Crippen LogP contribution in [0, 0.1) is 6.92 Å². The zero-order chi connectivity index (χ0) is 17.1. The van der Waals surface area contributed by atoms with E-state index < -0.39 is 0 Å². The summed E-state index contributed by atoms with van der Waals surface area (Å²) in [6.07, 6.45) is 0. The second kappa shape index (κ2) is 9.93. The normalized spacial score (nSPS) is 11.5. The van der Waals surface area contributed by atoms with Crippen molar-refractivity contribution in [3.8, 4) is 10.6 Å². The molecular weight excluding hydrogens is 385 g/mol. The van der Waals surface area contributed by atoms with E-state index in [-0.39, 0.29) is 24.8 Å². The molecule has 140 valence electrons. The largest absolute Gasteiger partial charge is 0.399 e. The number of anilines is 1. The van der Waals surface area contributed by atoms with Gasteiger partial charge >= 0.3 is 0 Å². The predicted octanol–water partition coefficient (Wildman–Crippen LogP) is 5.74. The van der Waals surface area contributed by atoms with E-state index in [1.165, 1.54) is 16.0 Å². The summed E-state index contributed by atoms with van der Waals surface area (Å²) in [4.78, 5) is 8.43. The molecule has 1 atom stereocenters. The lowest BCUT2D eigenvalue weighted by Gasteiger charge is -2.24. The quantitative estimate of drug-likeness (QED) is 0.546. The van der Waals surface area contributed by atoms with Crippen molar-refractivity contribution in [3.63, 3.8) is 0 Å². The molecule has 1 heterocycles. The molecule has 2 aromatic carbocycles. The lowest BCUT2D eigenvalue weighted by Crippen LogP contribution is -2.21. The van der Waals surface area contributed by atoms with Gasteiger partial charge in [0.05, 0.1) is 5.69 Å². The number of rotatable bonds is 5. The van der Waals surface area contributed by atoms with Crippen LogP contribution in [-0.4, -0.2) is 16.9 Å². The highest BCUT2D eigenvalue weighted by Crippen LogP contribution is 2.34. The van der Waals surface area contributed by atoms with E-state index in [2.05, 4.69) is 56.1 Å². The third kappa shape index (κ3) is 5.21. The summed E-state index contributed by atoms with van der Waals surface area (Å²) in [6.45, 7) is 5.20. The third-order valence-electron chi connectivity index (χ3n) is 4.28. The molecule has 0 aliphatic heterocycles. The Morgan fingerprint density at radius 3 is 2.42 bits per heavy atom. The van der Waals surface area contributed by atoms with Crippen LogP contribution in [0.25, 0.3) is 10.6 Å². The van der Waals surface area contributed by atoms with Gasteiger partial charge in [-0.2, -0.15) is 0 Å². The molecule has 1 aromatic heterocycles. The van der Waals surface area contributed by atoms with Gasteiger partial charge in [-0.1, -0.05) is 42.5 Å². The molecule has 0 spiro atoms. The fraction of sp³-hybridized carbons (Fsp3) is 0.250. The first-order chi connectivity index (χ1) is 11.5. The first kappa shape index (κ1) is 22.5. The Morgan fingerprint density at radius 2 is 1.77 bits per heavy atom. The van der Waals surface area contributed by atoms with Crippen LogP contribution in [0.15, 0.2) is 54.6 Å². The van der Waals surface area contributed by atoms with Gasteiger partial charge in [0.1, 0.15) is 5.01 Å². The number of nitrogen functional groups attached to an aromatic ring is 1. The molecule has 0 bridgehead atoms. The summed E-state index contributed by atoms with van der Waals surface area (Å²) in [5, 5.41) is 1.09. The average Bonchev–Trinajstić information content (AvgIpc) is 2.97. The highest BCUT2D eigenvalue weighted by molar-refractivity contribution is 7.15. The second-order valence-electron chi connectivity index (χ2n) is 6.17. The molecule has 0 saturated heterocycles. The van der Waals surface area contributed by atoms with Crippen molar-refractivity contribution < 1.29 is 0 Å². The van der Waals surface area contributed by atoms with Crippen molar-refractivity contribution in [1.82, 2.24) is 9.88 Å². The Balaban J connectivity index is 0.00000169. The van der Waals surface area contributed by atoms with Gasteiger partial charge in [-0.25, -0.2) is 4.98 Å². The average molecular weight is 410 g/mol. The second-order valence-corrected chi connectivity index (χ2v) is 7.20. The lowest BCUT2D eigenvalue weighted by atomic mass is 10.1. The molecule has 0 aliphatic carbocycles. The number of nitrogens with zero attached hydrogens (tertiary/aromatic N) is 2. The van der Waals surface area contributed by atoms with Gasteiger partial charge in [0.25, 0.3) is 0 Å². The van der Waals surface area contributed by atoms with E-state index in [0.717, 1.165) is 22.9 Å². The van der Waals surface area contributed by atoms with Crippen molar-refractivity contribution in [1.29, 1.82) is 0 Å². The van der Waals surface area contributed by atoms with Gasteiger partial charge in [0.15, 0.2) is 0 Å². The Bertz CT molecular complexity index is 821. The zero-order valence-corrected chi connectivity index (χ0v) is 17.6. The molecular formula is C20H25Cl2N3S. The van der Waals surface area contributed by atoms with Gasteiger partial charge in [0, 0.05) is 28.7 Å². The summed E-state index contributed by atoms with van der Waals surface area (Å²) < 4.78 is 0. The van der Waals surface area contributed by atoms with E-state index in [1.807, 2.05) is 24.3 Å². The number of hydrogen-bond donors (Lipinski definition) is 1. The smallest absolute Gasteiger partial charge is 0.123 e. The number of thiazole rings is 1. The Hall–Kier alpha value is -1.59. The molecule has 0 radical (unpaired) electrons. The highest BCUT2D eigenvalue weighted by Gasteiger charge is 2.19. The lowest BCUT2D eigenvalue weighted by molar-refractivity contribution is 0.255. The minimum absolute atomic E-state index is 0. The Labute approximate surface area is 172 Å². The molecule has 3 rings (SSSR count). The summed E-state index contributed by atoms with van der Waals surface area (Å²) in [6, 6.07) is 18.8. The molecule has 0 fully saturated rings. The number of aryl methyl sites for hydroxylation is 1. The summed E-state index contributed by atoms with van der Waals surface area (Å²) in [5.74, 6) is 0. The molecule has 3 aromatic rings. The molecule has 2 N–H and O–H groups in total. The van der Waals surface area contributed by atoms with Gasteiger partial charge in [-0.3, -0.25) is 4.90 Å². The summed E-state index contributed by atoms with van der Waals surface area (Å²) in [7, 11) is 2.15. The van der Waals surface area contributed by atoms with Crippen LogP contribution in [0.4, 0.5) is 5.69 Å². The van der Waals surface area contributed by atoms with Gasteiger partial charge in [-0.05, 0) is 38.6 Å². The number of benzene rings is 2. The number of nitrogens with two attached hydrogens (primary N) is 1. The standard InChI is InChI=1S/C20H23N3S.2ClH/c1-14-19(24-20(22-14)17-9-5-4-6-10-17)15(2)23(3)13-16-8-7-11-18(21)12-16;;/h4-12,15H,13,21H2,1-3H3;2*1H. The van der Waals surface area contributed by atoms with Gasteiger partial charge in [0.2, 0.25) is 0 Å². The topological polar surface area (TPSA) is 42.2 Å². The molecule has 0 saturated carbocycles. The van der Waals surface area contributed by atoms with E-state index in [4.69, 9.17) is 10.7 Å². The van der Waals surface area contributed by atoms with Crippen molar-refractivity contribution in [2.75, 3.05) is 12.8 Å². The van der Waals surface area contributed by atoms with E-state index in [0.29, 0.717) is 6.04 Å². The van der Waals surface area contributed by atoms with E-state index >= 15 is 0 Å².